The number of hydrogen-bond acceptors (Lipinski definition) is 4. The summed E-state index contributed by atoms with van der Waals surface area (Å²) in [6, 6.07) is 11.0. The van der Waals surface area contributed by atoms with Gasteiger partial charge >= 0.3 is 0 Å². The van der Waals surface area contributed by atoms with Gasteiger partial charge in [0.15, 0.2) is 17.5 Å². The van der Waals surface area contributed by atoms with Gasteiger partial charge in [0.2, 0.25) is 0 Å². The predicted octanol–water partition coefficient (Wildman–Crippen LogP) is 0.676. The molecular weight excluding hydrogens is 344 g/mol. The number of nitrogens with one attached hydrogen (secondary N) is 2. The van der Waals surface area contributed by atoms with Crippen LogP contribution in [0.15, 0.2) is 51.9 Å². The van der Waals surface area contributed by atoms with Crippen LogP contribution >= 0.6 is 0 Å². The molecular formula is C20H23N4O3+. The first-order valence-corrected chi connectivity index (χ1v) is 9.27. The maximum Gasteiger partial charge on any atom is 0.274 e. The Morgan fingerprint density at radius 3 is 2.67 bits per heavy atom. The molecule has 2 aromatic heterocycles. The highest BCUT2D eigenvalue weighted by atomic mass is 16.3. The third-order valence-corrected chi connectivity index (χ3v) is 5.26. The van der Waals surface area contributed by atoms with Crippen LogP contribution in [0.3, 0.4) is 0 Å². The Labute approximate surface area is 156 Å². The zero-order valence-corrected chi connectivity index (χ0v) is 15.3. The van der Waals surface area contributed by atoms with E-state index in [0.717, 1.165) is 18.8 Å². The van der Waals surface area contributed by atoms with Crippen molar-refractivity contribution >= 4 is 16.7 Å². The zero-order chi connectivity index (χ0) is 18.8. The standard InChI is InChI=1S/C20H22N4O3/c1-23-20(26)15-8-3-2-7-14(15)18(22-23)19(25)21-13-16(17-9-6-12-27-17)24-10-4-5-11-24/h2-3,6-9,12,16H,4-5,10-11,13H2,1H3,(H,21,25)/p+1/t16-/m0/s1. The summed E-state index contributed by atoms with van der Waals surface area (Å²) >= 11 is 0. The molecule has 1 aromatic carbocycles. The molecule has 0 aliphatic carbocycles. The molecule has 2 N–H and O–H groups in total. The predicted molar refractivity (Wildman–Crippen MR) is 101 cm³/mol. The molecule has 0 bridgehead atoms. The van der Waals surface area contributed by atoms with E-state index in [1.165, 1.54) is 22.4 Å². The number of carbonyl (C=O) groups is 1. The van der Waals surface area contributed by atoms with E-state index in [-0.39, 0.29) is 23.2 Å². The van der Waals surface area contributed by atoms with Gasteiger partial charge in [-0.1, -0.05) is 18.2 Å². The number of aryl methyl sites for hydroxylation is 1. The van der Waals surface area contributed by atoms with Gasteiger partial charge in [-0.2, -0.15) is 5.10 Å². The maximum atomic E-state index is 12.9. The van der Waals surface area contributed by atoms with Crippen LogP contribution in [-0.4, -0.2) is 35.3 Å². The molecule has 1 aliphatic rings. The first-order valence-electron chi connectivity index (χ1n) is 9.27. The number of benzene rings is 1. The van der Waals surface area contributed by atoms with Crippen molar-refractivity contribution in [3.63, 3.8) is 0 Å². The van der Waals surface area contributed by atoms with Crippen molar-refractivity contribution in [3.8, 4) is 0 Å². The van der Waals surface area contributed by atoms with Gasteiger partial charge in [0.1, 0.15) is 0 Å². The Morgan fingerprint density at radius 2 is 1.96 bits per heavy atom. The third kappa shape index (κ3) is 3.38. The molecule has 4 rings (SSSR count). The number of furan rings is 1. The van der Waals surface area contributed by atoms with Crippen LogP contribution < -0.4 is 15.8 Å². The van der Waals surface area contributed by atoms with Gasteiger partial charge in [0.05, 0.1) is 31.3 Å². The van der Waals surface area contributed by atoms with E-state index in [1.54, 1.807) is 37.6 Å². The molecule has 0 unspecified atom stereocenters. The highest BCUT2D eigenvalue weighted by Crippen LogP contribution is 2.14. The van der Waals surface area contributed by atoms with Crippen molar-refractivity contribution in [2.45, 2.75) is 18.9 Å². The number of amides is 1. The molecule has 140 valence electrons. The Hall–Kier alpha value is -2.93. The van der Waals surface area contributed by atoms with Crippen molar-refractivity contribution in [3.05, 3.63) is 64.5 Å². The van der Waals surface area contributed by atoms with Gasteiger partial charge in [-0.15, -0.1) is 0 Å². The fourth-order valence-corrected chi connectivity index (χ4v) is 3.86. The number of quaternary nitrogens is 1. The highest BCUT2D eigenvalue weighted by molar-refractivity contribution is 6.04. The molecule has 1 saturated heterocycles. The molecule has 3 heterocycles. The quantitative estimate of drug-likeness (QED) is 0.695. The maximum absolute atomic E-state index is 12.9. The summed E-state index contributed by atoms with van der Waals surface area (Å²) in [6.07, 6.45) is 4.04. The number of fused-ring (bicyclic) bond motifs is 1. The van der Waals surface area contributed by atoms with Gasteiger partial charge in [-0.3, -0.25) is 9.59 Å². The lowest BCUT2D eigenvalue weighted by Gasteiger charge is -2.23. The Morgan fingerprint density at radius 1 is 1.22 bits per heavy atom. The first kappa shape index (κ1) is 17.5. The number of carbonyl (C=O) groups excluding carboxylic acids is 1. The summed E-state index contributed by atoms with van der Waals surface area (Å²) in [5.41, 5.74) is 0.0550. The van der Waals surface area contributed by atoms with Gasteiger partial charge in [0.25, 0.3) is 11.5 Å². The Balaban J connectivity index is 1.59. The molecule has 3 aromatic rings. The van der Waals surface area contributed by atoms with Gasteiger partial charge in [-0.25, -0.2) is 4.68 Å². The van der Waals surface area contributed by atoms with Crippen LogP contribution in [0.5, 0.6) is 0 Å². The second-order valence-electron chi connectivity index (χ2n) is 6.97. The lowest BCUT2D eigenvalue weighted by atomic mass is 10.1. The molecule has 0 spiro atoms. The molecule has 1 amide bonds. The zero-order valence-electron chi connectivity index (χ0n) is 15.3. The van der Waals surface area contributed by atoms with Gasteiger partial charge in [0, 0.05) is 25.3 Å². The molecule has 1 atom stereocenters. The van der Waals surface area contributed by atoms with Crippen LogP contribution in [0.4, 0.5) is 0 Å². The minimum atomic E-state index is -0.281. The number of likely N-dealkylation sites (tertiary alicyclic amines) is 1. The van der Waals surface area contributed by atoms with E-state index < -0.39 is 0 Å². The van der Waals surface area contributed by atoms with Gasteiger partial charge in [-0.05, 0) is 18.2 Å². The van der Waals surface area contributed by atoms with Crippen molar-refractivity contribution in [2.24, 2.45) is 7.05 Å². The number of aromatic nitrogens is 2. The summed E-state index contributed by atoms with van der Waals surface area (Å²) in [4.78, 5) is 26.6. The van der Waals surface area contributed by atoms with E-state index in [9.17, 15) is 9.59 Å². The van der Waals surface area contributed by atoms with Crippen LogP contribution in [0.2, 0.25) is 0 Å². The summed E-state index contributed by atoms with van der Waals surface area (Å²) in [6.45, 7) is 2.60. The lowest BCUT2D eigenvalue weighted by Crippen LogP contribution is -3.11. The van der Waals surface area contributed by atoms with Crippen molar-refractivity contribution in [1.29, 1.82) is 0 Å². The minimum absolute atomic E-state index is 0.0743. The first-order chi connectivity index (χ1) is 13.1. The van der Waals surface area contributed by atoms with Crippen molar-refractivity contribution < 1.29 is 14.1 Å². The average Bonchev–Trinajstić information content (AvgIpc) is 3.39. The SMILES string of the molecule is Cn1nc(C(=O)NC[C@@H](c2ccco2)[NH+]2CCCC2)c2ccccc2c1=O. The third-order valence-electron chi connectivity index (χ3n) is 5.26. The summed E-state index contributed by atoms with van der Waals surface area (Å²) < 4.78 is 6.83. The fraction of sp³-hybridized carbons (Fsp3) is 0.350. The highest BCUT2D eigenvalue weighted by Gasteiger charge is 2.30. The van der Waals surface area contributed by atoms with Crippen LogP contribution in [0, 0.1) is 0 Å². The summed E-state index contributed by atoms with van der Waals surface area (Å²) in [5, 5.41) is 8.27. The van der Waals surface area contributed by atoms with Crippen LogP contribution in [-0.2, 0) is 7.05 Å². The second-order valence-corrected chi connectivity index (χ2v) is 6.97. The topological polar surface area (TPSA) is 81.6 Å². The molecule has 7 heteroatoms. The van der Waals surface area contributed by atoms with Crippen LogP contribution in [0.1, 0.15) is 35.1 Å². The summed E-state index contributed by atoms with van der Waals surface area (Å²) in [7, 11) is 1.56. The largest absolute Gasteiger partial charge is 0.463 e. The molecule has 0 saturated carbocycles. The molecule has 0 radical (unpaired) electrons. The molecule has 27 heavy (non-hydrogen) atoms. The second kappa shape index (κ2) is 7.36. The lowest BCUT2D eigenvalue weighted by molar-refractivity contribution is -0.919. The van der Waals surface area contributed by atoms with Crippen molar-refractivity contribution in [2.75, 3.05) is 19.6 Å². The minimum Gasteiger partial charge on any atom is -0.463 e. The molecule has 1 aliphatic heterocycles. The Bertz CT molecular complexity index is 1000. The Kier molecular flexibility index (Phi) is 4.77. The van der Waals surface area contributed by atoms with Crippen LogP contribution in [0.25, 0.3) is 10.8 Å². The van der Waals surface area contributed by atoms with E-state index in [2.05, 4.69) is 10.4 Å². The van der Waals surface area contributed by atoms with Crippen molar-refractivity contribution in [1.82, 2.24) is 15.1 Å². The average molecular weight is 367 g/mol. The molecule has 1 fully saturated rings. The number of hydrogen-bond donors (Lipinski definition) is 2. The van der Waals surface area contributed by atoms with Gasteiger partial charge < -0.3 is 14.6 Å². The summed E-state index contributed by atoms with van der Waals surface area (Å²) in [5.74, 6) is 0.599. The van der Waals surface area contributed by atoms with E-state index in [1.807, 2.05) is 12.1 Å². The smallest absolute Gasteiger partial charge is 0.274 e. The fourth-order valence-electron chi connectivity index (χ4n) is 3.86. The number of rotatable bonds is 5. The normalized spacial score (nSPS) is 15.9. The molecule has 7 nitrogen and oxygen atoms in total. The van der Waals surface area contributed by atoms with E-state index in [0.29, 0.717) is 17.3 Å². The number of nitrogens with zero attached hydrogens (tertiary/aromatic N) is 2. The monoisotopic (exact) mass is 367 g/mol. The van der Waals surface area contributed by atoms with E-state index >= 15 is 0 Å². The van der Waals surface area contributed by atoms with E-state index in [4.69, 9.17) is 4.42 Å².